The lowest BCUT2D eigenvalue weighted by atomic mass is 9.93. The third-order valence-electron chi connectivity index (χ3n) is 6.95. The van der Waals surface area contributed by atoms with Crippen LogP contribution >= 0.6 is 27.3 Å². The van der Waals surface area contributed by atoms with Gasteiger partial charge in [0.15, 0.2) is 4.80 Å². The van der Waals surface area contributed by atoms with Crippen molar-refractivity contribution in [3.8, 4) is 5.75 Å². The van der Waals surface area contributed by atoms with E-state index in [1.807, 2.05) is 43.3 Å². The summed E-state index contributed by atoms with van der Waals surface area (Å²) in [4.78, 5) is 35.1. The summed E-state index contributed by atoms with van der Waals surface area (Å²) in [5, 5.41) is 0. The number of carbonyl (C=O) groups excluding carboxylic acids is 1. The number of ether oxygens (including phenoxy) is 3. The molecule has 210 valence electrons. The molecule has 10 heteroatoms. The number of nitrogens with zero attached hydrogens (tertiary/aromatic N) is 3. The van der Waals surface area contributed by atoms with Gasteiger partial charge in [0.1, 0.15) is 11.8 Å². The number of hydrogen-bond donors (Lipinski definition) is 0. The minimum absolute atomic E-state index is 0.217. The smallest absolute Gasteiger partial charge is 0.338 e. The molecule has 8 nitrogen and oxygen atoms in total. The van der Waals surface area contributed by atoms with Crippen LogP contribution in [-0.4, -0.2) is 50.6 Å². The number of esters is 1. The molecule has 2 aliphatic rings. The minimum Gasteiger partial charge on any atom is -0.496 e. The Bertz CT molecular complexity index is 1600. The monoisotopic (exact) mass is 625 g/mol. The van der Waals surface area contributed by atoms with Crippen molar-refractivity contribution in [2.75, 3.05) is 44.9 Å². The molecule has 1 fully saturated rings. The molecular formula is C30H32BrN3O5S. The van der Waals surface area contributed by atoms with Crippen LogP contribution in [0.2, 0.25) is 0 Å². The summed E-state index contributed by atoms with van der Waals surface area (Å²) in [5.74, 6) is 0.0933. The molecule has 40 heavy (non-hydrogen) atoms. The lowest BCUT2D eigenvalue weighted by Gasteiger charge is -2.28. The molecule has 0 saturated carbocycles. The number of anilines is 1. The number of fused-ring (bicyclic) bond motifs is 1. The van der Waals surface area contributed by atoms with E-state index >= 15 is 0 Å². The molecule has 2 aliphatic heterocycles. The summed E-state index contributed by atoms with van der Waals surface area (Å²) in [6.07, 6.45) is 3.25. The highest BCUT2D eigenvalue weighted by molar-refractivity contribution is 9.10. The van der Waals surface area contributed by atoms with Crippen molar-refractivity contribution in [1.29, 1.82) is 0 Å². The molecule has 0 radical (unpaired) electrons. The zero-order chi connectivity index (χ0) is 28.2. The molecule has 0 aliphatic carbocycles. The molecule has 3 heterocycles. The first-order valence-corrected chi connectivity index (χ1v) is 15.0. The van der Waals surface area contributed by atoms with Gasteiger partial charge < -0.3 is 19.1 Å². The number of hydrogen-bond acceptors (Lipinski definition) is 8. The molecule has 1 aromatic heterocycles. The second kappa shape index (κ2) is 12.5. The van der Waals surface area contributed by atoms with E-state index in [9.17, 15) is 9.59 Å². The van der Waals surface area contributed by atoms with Gasteiger partial charge in [-0.15, -0.1) is 0 Å². The first-order chi connectivity index (χ1) is 19.4. The van der Waals surface area contributed by atoms with Crippen molar-refractivity contribution in [3.05, 3.63) is 89.0 Å². The lowest BCUT2D eigenvalue weighted by Crippen LogP contribution is -2.40. The lowest BCUT2D eigenvalue weighted by molar-refractivity contribution is -0.139. The van der Waals surface area contributed by atoms with Crippen LogP contribution in [0.25, 0.3) is 6.08 Å². The van der Waals surface area contributed by atoms with E-state index in [0.29, 0.717) is 38.3 Å². The topological polar surface area (TPSA) is 82.4 Å². The standard InChI is InChI=1S/C30H32BrN3O5S/c1-4-6-23-26(29(36)39-5-2)27(22-18-20(31)9-12-24(22)37-3)34-28(35)25(40-30(34)32-23)17-19-7-10-21(11-8-19)33-13-15-38-16-14-33/h7-12,17-18,27H,4-6,13-16H2,1-3H3/b25-17-/t27-/m0/s1. The van der Waals surface area contributed by atoms with E-state index in [1.54, 1.807) is 18.6 Å². The Kier molecular flexibility index (Phi) is 8.87. The predicted molar refractivity (Wildman–Crippen MR) is 160 cm³/mol. The maximum atomic E-state index is 14.0. The Morgan fingerprint density at radius 1 is 1.18 bits per heavy atom. The third kappa shape index (κ3) is 5.66. The first kappa shape index (κ1) is 28.3. The van der Waals surface area contributed by atoms with Crippen molar-refractivity contribution in [3.63, 3.8) is 0 Å². The van der Waals surface area contributed by atoms with Crippen molar-refractivity contribution in [2.24, 2.45) is 4.99 Å². The van der Waals surface area contributed by atoms with Gasteiger partial charge in [-0.2, -0.15) is 0 Å². The molecule has 0 spiro atoms. The fourth-order valence-corrected chi connectivity index (χ4v) is 6.49. The normalized spacial score (nSPS) is 17.4. The molecule has 5 rings (SSSR count). The molecule has 0 unspecified atom stereocenters. The second-order valence-electron chi connectivity index (χ2n) is 9.49. The van der Waals surface area contributed by atoms with E-state index in [-0.39, 0.29) is 12.2 Å². The van der Waals surface area contributed by atoms with Crippen LogP contribution in [0.1, 0.15) is 43.9 Å². The maximum Gasteiger partial charge on any atom is 0.338 e. The summed E-state index contributed by atoms with van der Waals surface area (Å²) < 4.78 is 19.6. The van der Waals surface area contributed by atoms with Gasteiger partial charge >= 0.3 is 5.97 Å². The second-order valence-corrected chi connectivity index (χ2v) is 11.4. The van der Waals surface area contributed by atoms with Gasteiger partial charge in [0.2, 0.25) is 0 Å². The summed E-state index contributed by atoms with van der Waals surface area (Å²) in [6, 6.07) is 13.0. The summed E-state index contributed by atoms with van der Waals surface area (Å²) >= 11 is 4.88. The number of aromatic nitrogens is 1. The van der Waals surface area contributed by atoms with Crippen LogP contribution < -0.4 is 24.5 Å². The van der Waals surface area contributed by atoms with E-state index in [2.05, 4.69) is 33.0 Å². The number of rotatable bonds is 8. The van der Waals surface area contributed by atoms with Crippen molar-refractivity contribution in [2.45, 2.75) is 32.7 Å². The predicted octanol–water partition coefficient (Wildman–Crippen LogP) is 4.19. The maximum absolute atomic E-state index is 14.0. The average Bonchev–Trinajstić information content (AvgIpc) is 3.27. The molecule has 0 amide bonds. The Labute approximate surface area is 245 Å². The summed E-state index contributed by atoms with van der Waals surface area (Å²) in [5.41, 5.74) is 3.52. The Morgan fingerprint density at radius 3 is 2.60 bits per heavy atom. The van der Waals surface area contributed by atoms with Gasteiger partial charge in [-0.05, 0) is 55.3 Å². The minimum atomic E-state index is -0.741. The van der Waals surface area contributed by atoms with Crippen LogP contribution in [0, 0.1) is 0 Å². The first-order valence-electron chi connectivity index (χ1n) is 13.4. The van der Waals surface area contributed by atoms with Crippen LogP contribution in [0.5, 0.6) is 5.75 Å². The van der Waals surface area contributed by atoms with Gasteiger partial charge in [-0.1, -0.05) is 52.7 Å². The van der Waals surface area contributed by atoms with E-state index < -0.39 is 12.0 Å². The average molecular weight is 627 g/mol. The zero-order valence-electron chi connectivity index (χ0n) is 22.8. The Morgan fingerprint density at radius 2 is 1.93 bits per heavy atom. The van der Waals surface area contributed by atoms with Crippen LogP contribution in [0.3, 0.4) is 0 Å². The number of benzene rings is 2. The third-order valence-corrected chi connectivity index (χ3v) is 8.42. The van der Waals surface area contributed by atoms with Crippen molar-refractivity contribution in [1.82, 2.24) is 4.57 Å². The van der Waals surface area contributed by atoms with Gasteiger partial charge in [0.25, 0.3) is 5.56 Å². The summed E-state index contributed by atoms with van der Waals surface area (Å²) in [7, 11) is 1.58. The molecule has 3 aromatic rings. The van der Waals surface area contributed by atoms with Crippen LogP contribution in [0.4, 0.5) is 5.69 Å². The van der Waals surface area contributed by atoms with Crippen molar-refractivity contribution < 1.29 is 19.0 Å². The fraction of sp³-hybridized carbons (Fsp3) is 0.367. The number of carbonyl (C=O) groups is 1. The number of thiazole rings is 1. The molecular weight excluding hydrogens is 594 g/mol. The SMILES string of the molecule is CCCC1=C(C(=O)OCC)[C@H](c2cc(Br)ccc2OC)n2c(s/c(=C\c3ccc(N4CCOCC4)cc3)c2=O)=N1. The number of methoxy groups -OCH3 is 1. The number of allylic oxidation sites excluding steroid dienone is 1. The van der Waals surface area contributed by atoms with Gasteiger partial charge in [0.05, 0.1) is 42.7 Å². The van der Waals surface area contributed by atoms with E-state index in [0.717, 1.165) is 48.4 Å². The highest BCUT2D eigenvalue weighted by Crippen LogP contribution is 2.38. The molecule has 0 N–H and O–H groups in total. The van der Waals surface area contributed by atoms with Gasteiger partial charge in [0, 0.05) is 28.8 Å². The number of halogens is 1. The van der Waals surface area contributed by atoms with Crippen LogP contribution in [-0.2, 0) is 14.3 Å². The Hall–Kier alpha value is -3.21. The molecule has 0 bridgehead atoms. The highest BCUT2D eigenvalue weighted by Gasteiger charge is 2.36. The summed E-state index contributed by atoms with van der Waals surface area (Å²) in [6.45, 7) is 7.19. The quantitative estimate of drug-likeness (QED) is 0.349. The fourth-order valence-electron chi connectivity index (χ4n) is 5.09. The van der Waals surface area contributed by atoms with Crippen molar-refractivity contribution >= 4 is 45.0 Å². The van der Waals surface area contributed by atoms with E-state index in [1.165, 1.54) is 11.3 Å². The largest absolute Gasteiger partial charge is 0.496 e. The molecule has 1 atom stereocenters. The molecule has 1 saturated heterocycles. The Balaban J connectivity index is 1.66. The van der Waals surface area contributed by atoms with Gasteiger partial charge in [-0.3, -0.25) is 9.36 Å². The van der Waals surface area contributed by atoms with Gasteiger partial charge in [-0.25, -0.2) is 9.79 Å². The highest BCUT2D eigenvalue weighted by atomic mass is 79.9. The zero-order valence-corrected chi connectivity index (χ0v) is 25.2. The molecule has 2 aromatic carbocycles. The van der Waals surface area contributed by atoms with E-state index in [4.69, 9.17) is 19.2 Å². The number of morpholine rings is 1. The van der Waals surface area contributed by atoms with Crippen LogP contribution in [0.15, 0.2) is 68.0 Å².